The van der Waals surface area contributed by atoms with Crippen molar-refractivity contribution >= 4 is 54.9 Å². The molecule has 48 heavy (non-hydrogen) atoms. The van der Waals surface area contributed by atoms with Crippen molar-refractivity contribution in [2.45, 2.75) is 0 Å². The van der Waals surface area contributed by atoms with Crippen LogP contribution in [0.1, 0.15) is 0 Å². The van der Waals surface area contributed by atoms with Crippen LogP contribution in [0.15, 0.2) is 160 Å². The molecule has 4 heteroatoms. The molecule has 226 valence electrons. The number of hydrogen-bond donors (Lipinski definition) is 0. The maximum atomic E-state index is 6.50. The molecule has 0 saturated carbocycles. The lowest BCUT2D eigenvalue weighted by molar-refractivity contribution is 0.663. The fourth-order valence-electron chi connectivity index (χ4n) is 7.20. The van der Waals surface area contributed by atoms with E-state index in [2.05, 4.69) is 133 Å². The van der Waals surface area contributed by atoms with Crippen molar-refractivity contribution in [3.63, 3.8) is 0 Å². The Morgan fingerprint density at radius 3 is 1.75 bits per heavy atom. The van der Waals surface area contributed by atoms with Crippen molar-refractivity contribution < 1.29 is 8.83 Å². The van der Waals surface area contributed by atoms with Gasteiger partial charge in [0.25, 0.3) is 0 Å². The van der Waals surface area contributed by atoms with Gasteiger partial charge in [0, 0.05) is 34.3 Å². The van der Waals surface area contributed by atoms with Gasteiger partial charge < -0.3 is 13.4 Å². The minimum atomic E-state index is 0.848. The third-order valence-corrected chi connectivity index (χ3v) is 9.65. The van der Waals surface area contributed by atoms with Crippen LogP contribution in [0.2, 0.25) is 0 Å². The van der Waals surface area contributed by atoms with Gasteiger partial charge in [-0.15, -0.1) is 0 Å². The molecule has 0 unspecified atom stereocenters. The molecule has 0 aliphatic carbocycles. The van der Waals surface area contributed by atoms with Gasteiger partial charge in [-0.1, -0.05) is 121 Å². The predicted molar refractivity (Wildman–Crippen MR) is 197 cm³/mol. The van der Waals surface area contributed by atoms with Gasteiger partial charge in [0.15, 0.2) is 0 Å². The minimum absolute atomic E-state index is 0.848. The lowest BCUT2D eigenvalue weighted by Crippen LogP contribution is -1.91. The molecule has 0 spiro atoms. The molecule has 0 saturated heterocycles. The Hall–Kier alpha value is -6.39. The number of furan rings is 2. The highest BCUT2D eigenvalue weighted by Gasteiger charge is 2.20. The molecular weight excluding hydrogens is 588 g/mol. The highest BCUT2D eigenvalue weighted by Crippen LogP contribution is 2.44. The monoisotopic (exact) mass is 616 g/mol. The van der Waals surface area contributed by atoms with E-state index in [0.717, 1.165) is 94.1 Å². The van der Waals surface area contributed by atoms with Gasteiger partial charge in [-0.2, -0.15) is 0 Å². The number of fused-ring (bicyclic) bond motifs is 8. The van der Waals surface area contributed by atoms with E-state index < -0.39 is 0 Å². The fraction of sp³-hybridized carbons (Fsp3) is 0.0227. The SMILES string of the molecule is Cn1c(-c2ccccc2)nc2cc(-c3ccc(-c4ccc(-c5cc6c7ccccc7oc6c6c5oc5ccccc56)cc4)cc3)ccc21. The second-order valence-electron chi connectivity index (χ2n) is 12.4. The van der Waals surface area contributed by atoms with Crippen LogP contribution < -0.4 is 0 Å². The van der Waals surface area contributed by atoms with E-state index >= 15 is 0 Å². The van der Waals surface area contributed by atoms with Crippen LogP contribution >= 0.6 is 0 Å². The van der Waals surface area contributed by atoms with Crippen LogP contribution in [-0.2, 0) is 7.05 Å². The first kappa shape index (κ1) is 26.8. The number of benzene rings is 7. The maximum absolute atomic E-state index is 6.50. The lowest BCUT2D eigenvalue weighted by Gasteiger charge is -2.08. The Morgan fingerprint density at radius 2 is 1.02 bits per heavy atom. The second-order valence-corrected chi connectivity index (χ2v) is 12.4. The molecule has 10 aromatic rings. The van der Waals surface area contributed by atoms with E-state index in [9.17, 15) is 0 Å². The third kappa shape index (κ3) is 4.06. The van der Waals surface area contributed by atoms with Gasteiger partial charge >= 0.3 is 0 Å². The summed E-state index contributed by atoms with van der Waals surface area (Å²) in [6, 6.07) is 53.1. The summed E-state index contributed by atoms with van der Waals surface area (Å²) in [5.74, 6) is 0.973. The van der Waals surface area contributed by atoms with E-state index in [1.165, 1.54) is 5.56 Å². The number of aryl methyl sites for hydroxylation is 1. The molecule has 0 bridgehead atoms. The summed E-state index contributed by atoms with van der Waals surface area (Å²) in [5.41, 5.74) is 13.5. The molecular formula is C44H28N2O2. The van der Waals surface area contributed by atoms with Crippen molar-refractivity contribution in [3.05, 3.63) is 152 Å². The van der Waals surface area contributed by atoms with Crippen molar-refractivity contribution in [2.75, 3.05) is 0 Å². The van der Waals surface area contributed by atoms with Crippen LogP contribution in [0, 0.1) is 0 Å². The van der Waals surface area contributed by atoms with E-state index in [0.29, 0.717) is 0 Å². The zero-order valence-corrected chi connectivity index (χ0v) is 26.1. The molecule has 0 N–H and O–H groups in total. The first-order valence-electron chi connectivity index (χ1n) is 16.2. The van der Waals surface area contributed by atoms with Crippen LogP contribution in [-0.4, -0.2) is 9.55 Å². The van der Waals surface area contributed by atoms with Crippen LogP contribution in [0.5, 0.6) is 0 Å². The first-order chi connectivity index (χ1) is 23.7. The van der Waals surface area contributed by atoms with Crippen LogP contribution in [0.25, 0.3) is 99.7 Å². The highest BCUT2D eigenvalue weighted by atomic mass is 16.3. The van der Waals surface area contributed by atoms with Crippen molar-refractivity contribution in [3.8, 4) is 44.8 Å². The van der Waals surface area contributed by atoms with Gasteiger partial charge in [0.1, 0.15) is 28.2 Å². The van der Waals surface area contributed by atoms with Gasteiger partial charge in [-0.3, -0.25) is 0 Å². The van der Waals surface area contributed by atoms with Crippen LogP contribution in [0.3, 0.4) is 0 Å². The molecule has 0 fully saturated rings. The Balaban J connectivity index is 1.01. The molecule has 0 aliphatic rings. The Kier molecular flexibility index (Phi) is 5.75. The Bertz CT molecular complexity index is 2820. The molecule has 0 atom stereocenters. The van der Waals surface area contributed by atoms with E-state index in [1.807, 2.05) is 30.3 Å². The zero-order valence-electron chi connectivity index (χ0n) is 26.1. The average molecular weight is 617 g/mol. The highest BCUT2D eigenvalue weighted by molar-refractivity contribution is 6.25. The van der Waals surface area contributed by atoms with E-state index in [4.69, 9.17) is 13.8 Å². The molecule has 3 aromatic heterocycles. The zero-order chi connectivity index (χ0) is 31.8. The molecule has 3 heterocycles. The number of para-hydroxylation sites is 2. The summed E-state index contributed by atoms with van der Waals surface area (Å²) < 4.78 is 15.1. The summed E-state index contributed by atoms with van der Waals surface area (Å²) in [6.45, 7) is 0. The normalized spacial score (nSPS) is 11.9. The summed E-state index contributed by atoms with van der Waals surface area (Å²) in [4.78, 5) is 4.98. The lowest BCUT2D eigenvalue weighted by atomic mass is 9.96. The summed E-state index contributed by atoms with van der Waals surface area (Å²) in [6.07, 6.45) is 0. The maximum Gasteiger partial charge on any atom is 0.147 e. The smallest absolute Gasteiger partial charge is 0.147 e. The second kappa shape index (κ2) is 10.3. The number of rotatable bonds is 4. The van der Waals surface area contributed by atoms with Gasteiger partial charge in [-0.05, 0) is 58.1 Å². The van der Waals surface area contributed by atoms with Crippen molar-refractivity contribution in [1.29, 1.82) is 0 Å². The first-order valence-corrected chi connectivity index (χ1v) is 16.2. The predicted octanol–water partition coefficient (Wildman–Crippen LogP) is 12.0. The topological polar surface area (TPSA) is 44.1 Å². The molecule has 10 rings (SSSR count). The molecule has 0 aliphatic heterocycles. The van der Waals surface area contributed by atoms with Gasteiger partial charge in [-0.25, -0.2) is 4.98 Å². The van der Waals surface area contributed by atoms with Crippen molar-refractivity contribution in [2.24, 2.45) is 7.05 Å². The van der Waals surface area contributed by atoms with Crippen LogP contribution in [0.4, 0.5) is 0 Å². The third-order valence-electron chi connectivity index (χ3n) is 9.65. The van der Waals surface area contributed by atoms with E-state index in [1.54, 1.807) is 0 Å². The van der Waals surface area contributed by atoms with Crippen molar-refractivity contribution in [1.82, 2.24) is 9.55 Å². The van der Waals surface area contributed by atoms with Gasteiger partial charge in [0.2, 0.25) is 0 Å². The number of imidazole rings is 1. The Morgan fingerprint density at radius 1 is 0.458 bits per heavy atom. The standard InChI is InChI=1S/C44H28N2O2/c1-46-38-24-23-32(25-37(38)45-44(46)31-9-3-2-4-10-31)29-17-15-27(16-18-29)28-19-21-30(22-20-28)35-26-36-33-11-5-7-13-39(33)47-43(36)41-34-12-6-8-14-40(34)48-42(35)41/h2-26H,1H3. The summed E-state index contributed by atoms with van der Waals surface area (Å²) >= 11 is 0. The molecule has 4 nitrogen and oxygen atoms in total. The average Bonchev–Trinajstić information content (AvgIpc) is 3.82. The van der Waals surface area contributed by atoms with Gasteiger partial charge in [0.05, 0.1) is 16.4 Å². The minimum Gasteiger partial charge on any atom is -0.455 e. The Labute approximate surface area is 276 Å². The molecule has 0 amide bonds. The molecule has 7 aromatic carbocycles. The largest absolute Gasteiger partial charge is 0.455 e. The number of hydrogen-bond acceptors (Lipinski definition) is 3. The number of nitrogens with zero attached hydrogens (tertiary/aromatic N) is 2. The fourth-order valence-corrected chi connectivity index (χ4v) is 7.20. The number of aromatic nitrogens is 2. The summed E-state index contributed by atoms with van der Waals surface area (Å²) in [5, 5.41) is 4.29. The summed E-state index contributed by atoms with van der Waals surface area (Å²) in [7, 11) is 2.08. The van der Waals surface area contributed by atoms with E-state index in [-0.39, 0.29) is 0 Å². The quantitative estimate of drug-likeness (QED) is 0.198. The molecule has 0 radical (unpaired) electrons.